The first-order valence-corrected chi connectivity index (χ1v) is 12.0. The van der Waals surface area contributed by atoms with Gasteiger partial charge in [-0.2, -0.15) is 5.10 Å². The standard InChI is InChI=1S/C30H23N5O2/c36-28(20-34-26-12-6-4-10-24(26)30(37)25-11-5-7-13-27(25)34)32-18-22-19-35(23-8-2-1-3-9-23)33-29(22)21-14-16-31-17-15-21/h1-17,19H,18,20H2,(H,32,36). The van der Waals surface area contributed by atoms with E-state index in [1.54, 1.807) is 24.5 Å². The molecule has 180 valence electrons. The minimum absolute atomic E-state index is 0.0295. The lowest BCUT2D eigenvalue weighted by atomic mass is 10.1. The number of nitrogens with zero attached hydrogens (tertiary/aromatic N) is 4. The number of benzene rings is 3. The maximum atomic E-state index is 13.2. The molecule has 1 N–H and O–H groups in total. The van der Waals surface area contributed by atoms with Crippen LogP contribution in [0.15, 0.2) is 114 Å². The van der Waals surface area contributed by atoms with Crippen molar-refractivity contribution in [2.75, 3.05) is 0 Å². The predicted octanol–water partition coefficient (Wildman–Crippen LogP) is 4.72. The number of pyridine rings is 2. The third-order valence-corrected chi connectivity index (χ3v) is 6.42. The van der Waals surface area contributed by atoms with Gasteiger partial charge in [0, 0.05) is 47.0 Å². The van der Waals surface area contributed by atoms with Crippen molar-refractivity contribution in [3.05, 3.63) is 125 Å². The second-order valence-corrected chi connectivity index (χ2v) is 8.75. The maximum absolute atomic E-state index is 13.2. The largest absolute Gasteiger partial charge is 0.350 e. The number of hydrogen-bond donors (Lipinski definition) is 1. The van der Waals surface area contributed by atoms with Gasteiger partial charge in [0.15, 0.2) is 5.43 Å². The highest BCUT2D eigenvalue weighted by atomic mass is 16.2. The SMILES string of the molecule is O=C(Cn1c2ccccc2c(=O)c2ccccc21)NCc1cn(-c2ccccc2)nc1-c1ccncc1. The van der Waals surface area contributed by atoms with Crippen LogP contribution in [0.5, 0.6) is 0 Å². The van der Waals surface area contributed by atoms with E-state index < -0.39 is 0 Å². The molecule has 0 aliphatic heterocycles. The molecule has 0 fully saturated rings. The van der Waals surface area contributed by atoms with Gasteiger partial charge in [-0.15, -0.1) is 0 Å². The number of nitrogens with one attached hydrogen (secondary N) is 1. The smallest absolute Gasteiger partial charge is 0.240 e. The Balaban J connectivity index is 1.32. The highest BCUT2D eigenvalue weighted by Gasteiger charge is 2.16. The molecule has 0 saturated heterocycles. The topological polar surface area (TPSA) is 81.8 Å². The van der Waals surface area contributed by atoms with E-state index >= 15 is 0 Å². The lowest BCUT2D eigenvalue weighted by Gasteiger charge is -2.15. The Morgan fingerprint density at radius 2 is 1.41 bits per heavy atom. The van der Waals surface area contributed by atoms with Gasteiger partial charge in [0.05, 0.1) is 22.4 Å². The van der Waals surface area contributed by atoms with Crippen molar-refractivity contribution in [3.63, 3.8) is 0 Å². The van der Waals surface area contributed by atoms with Gasteiger partial charge < -0.3 is 9.88 Å². The van der Waals surface area contributed by atoms with Crippen LogP contribution in [-0.2, 0) is 17.9 Å². The lowest BCUT2D eigenvalue weighted by molar-refractivity contribution is -0.121. The molecule has 0 atom stereocenters. The third kappa shape index (κ3) is 4.27. The molecule has 6 rings (SSSR count). The van der Waals surface area contributed by atoms with E-state index in [4.69, 9.17) is 5.10 Å². The van der Waals surface area contributed by atoms with E-state index in [0.717, 1.165) is 33.5 Å². The zero-order chi connectivity index (χ0) is 25.2. The van der Waals surface area contributed by atoms with Crippen LogP contribution >= 0.6 is 0 Å². The Morgan fingerprint density at radius 3 is 2.08 bits per heavy atom. The van der Waals surface area contributed by atoms with Crippen molar-refractivity contribution in [2.45, 2.75) is 13.1 Å². The van der Waals surface area contributed by atoms with E-state index in [2.05, 4.69) is 10.3 Å². The van der Waals surface area contributed by atoms with Gasteiger partial charge in [-0.1, -0.05) is 42.5 Å². The summed E-state index contributed by atoms with van der Waals surface area (Å²) in [5.74, 6) is -0.160. The molecule has 3 heterocycles. The summed E-state index contributed by atoms with van der Waals surface area (Å²) in [6.45, 7) is 0.387. The number of fused-ring (bicyclic) bond motifs is 2. The van der Waals surface area contributed by atoms with E-state index in [-0.39, 0.29) is 17.9 Å². The monoisotopic (exact) mass is 485 g/mol. The Bertz CT molecular complexity index is 1730. The van der Waals surface area contributed by atoms with Crippen molar-refractivity contribution in [1.29, 1.82) is 0 Å². The summed E-state index contributed by atoms with van der Waals surface area (Å²) in [5, 5.41) is 9.05. The average Bonchev–Trinajstić information content (AvgIpc) is 3.39. The first-order chi connectivity index (χ1) is 18.2. The molecular weight excluding hydrogens is 462 g/mol. The summed E-state index contributed by atoms with van der Waals surface area (Å²) in [6, 6.07) is 28.5. The molecule has 0 saturated carbocycles. The number of carbonyl (C=O) groups excluding carboxylic acids is 1. The summed E-state index contributed by atoms with van der Waals surface area (Å²) in [4.78, 5) is 30.3. The summed E-state index contributed by atoms with van der Waals surface area (Å²) in [7, 11) is 0. The summed E-state index contributed by atoms with van der Waals surface area (Å²) >= 11 is 0. The molecule has 0 aliphatic carbocycles. The fraction of sp³-hybridized carbons (Fsp3) is 0.0667. The Hall–Kier alpha value is -5.04. The van der Waals surface area contributed by atoms with Gasteiger partial charge in [-0.3, -0.25) is 14.6 Å². The lowest BCUT2D eigenvalue weighted by Crippen LogP contribution is -2.28. The summed E-state index contributed by atoms with van der Waals surface area (Å²) in [6.07, 6.45) is 5.40. The Morgan fingerprint density at radius 1 is 0.784 bits per heavy atom. The molecule has 3 aromatic carbocycles. The Labute approximate surface area is 212 Å². The third-order valence-electron chi connectivity index (χ3n) is 6.42. The van der Waals surface area contributed by atoms with Crippen LogP contribution in [0, 0.1) is 0 Å². The molecule has 0 unspecified atom stereocenters. The van der Waals surface area contributed by atoms with E-state index in [9.17, 15) is 9.59 Å². The normalized spacial score (nSPS) is 11.1. The molecule has 0 spiro atoms. The van der Waals surface area contributed by atoms with Crippen LogP contribution in [0.25, 0.3) is 38.8 Å². The summed E-state index contributed by atoms with van der Waals surface area (Å²) in [5.41, 5.74) is 4.96. The summed E-state index contributed by atoms with van der Waals surface area (Å²) < 4.78 is 3.72. The molecule has 37 heavy (non-hydrogen) atoms. The molecule has 0 radical (unpaired) electrons. The van der Waals surface area contributed by atoms with Crippen LogP contribution < -0.4 is 10.7 Å². The zero-order valence-corrected chi connectivity index (χ0v) is 19.9. The van der Waals surface area contributed by atoms with Gasteiger partial charge in [0.2, 0.25) is 5.91 Å². The molecule has 1 amide bonds. The Kier molecular flexibility index (Phi) is 5.78. The molecule has 7 heteroatoms. The minimum Gasteiger partial charge on any atom is -0.350 e. The zero-order valence-electron chi connectivity index (χ0n) is 19.9. The van der Waals surface area contributed by atoms with Crippen molar-refractivity contribution < 1.29 is 4.79 Å². The first-order valence-electron chi connectivity index (χ1n) is 12.0. The first kappa shape index (κ1) is 22.4. The van der Waals surface area contributed by atoms with E-state index in [1.807, 2.05) is 94.3 Å². The van der Waals surface area contributed by atoms with Crippen molar-refractivity contribution >= 4 is 27.7 Å². The molecule has 6 aromatic rings. The fourth-order valence-corrected chi connectivity index (χ4v) is 4.65. The van der Waals surface area contributed by atoms with Crippen molar-refractivity contribution in [3.8, 4) is 16.9 Å². The highest BCUT2D eigenvalue weighted by molar-refractivity contribution is 5.94. The molecule has 0 bridgehead atoms. The number of carbonyl (C=O) groups is 1. The highest BCUT2D eigenvalue weighted by Crippen LogP contribution is 2.23. The average molecular weight is 486 g/mol. The fourth-order valence-electron chi connectivity index (χ4n) is 4.65. The van der Waals surface area contributed by atoms with Crippen molar-refractivity contribution in [1.82, 2.24) is 24.6 Å². The molecule has 3 aromatic heterocycles. The van der Waals surface area contributed by atoms with Gasteiger partial charge >= 0.3 is 0 Å². The van der Waals surface area contributed by atoms with E-state index in [0.29, 0.717) is 17.3 Å². The number of amides is 1. The van der Waals surface area contributed by atoms with Crippen LogP contribution in [0.3, 0.4) is 0 Å². The molecule has 0 aliphatic rings. The van der Waals surface area contributed by atoms with Crippen molar-refractivity contribution in [2.24, 2.45) is 0 Å². The van der Waals surface area contributed by atoms with Crippen LogP contribution in [-0.4, -0.2) is 25.2 Å². The van der Waals surface area contributed by atoms with Gasteiger partial charge in [0.25, 0.3) is 0 Å². The van der Waals surface area contributed by atoms with Gasteiger partial charge in [-0.05, 0) is 48.5 Å². The minimum atomic E-state index is -0.160. The second-order valence-electron chi connectivity index (χ2n) is 8.75. The number of aromatic nitrogens is 4. The second kappa shape index (κ2) is 9.54. The predicted molar refractivity (Wildman–Crippen MR) is 144 cm³/mol. The van der Waals surface area contributed by atoms with Crippen LogP contribution in [0.1, 0.15) is 5.56 Å². The van der Waals surface area contributed by atoms with Gasteiger partial charge in [-0.25, -0.2) is 4.68 Å². The number of para-hydroxylation sites is 3. The molecule has 7 nitrogen and oxygen atoms in total. The number of hydrogen-bond acceptors (Lipinski definition) is 4. The van der Waals surface area contributed by atoms with Gasteiger partial charge in [0.1, 0.15) is 6.54 Å². The van der Waals surface area contributed by atoms with Crippen LogP contribution in [0.4, 0.5) is 0 Å². The van der Waals surface area contributed by atoms with Crippen LogP contribution in [0.2, 0.25) is 0 Å². The van der Waals surface area contributed by atoms with E-state index in [1.165, 1.54) is 0 Å². The number of rotatable bonds is 6. The maximum Gasteiger partial charge on any atom is 0.240 e. The quantitative estimate of drug-likeness (QED) is 0.346. The molecular formula is C30H23N5O2.